The number of para-hydroxylation sites is 1. The molecule has 0 radical (unpaired) electrons. The third-order valence-electron chi connectivity index (χ3n) is 3.69. The van der Waals surface area contributed by atoms with Crippen LogP contribution in [0.4, 0.5) is 5.69 Å². The van der Waals surface area contributed by atoms with E-state index < -0.39 is 0 Å². The molecule has 7 heteroatoms. The summed E-state index contributed by atoms with van der Waals surface area (Å²) in [5.74, 6) is 0.258. The number of rotatable bonds is 5. The minimum absolute atomic E-state index is 0.134. The zero-order valence-electron chi connectivity index (χ0n) is 16.5. The monoisotopic (exact) mass is 399 g/mol. The molecule has 0 heterocycles. The van der Waals surface area contributed by atoms with Gasteiger partial charge in [0.1, 0.15) is 5.75 Å². The summed E-state index contributed by atoms with van der Waals surface area (Å²) in [7, 11) is 1.59. The number of benzene rings is 2. The Bertz CT molecular complexity index is 858. The van der Waals surface area contributed by atoms with Crippen LogP contribution in [0.25, 0.3) is 0 Å². The van der Waals surface area contributed by atoms with E-state index in [1.165, 1.54) is 0 Å². The number of hydrogen-bond acceptors (Lipinski definition) is 4. The van der Waals surface area contributed by atoms with E-state index in [1.807, 2.05) is 32.9 Å². The van der Waals surface area contributed by atoms with Gasteiger partial charge in [0.2, 0.25) is 5.91 Å². The molecular weight excluding hydrogens is 374 g/mol. The molecule has 6 nitrogen and oxygen atoms in total. The number of thiocarbonyl (C=S) groups is 1. The lowest BCUT2D eigenvalue weighted by Crippen LogP contribution is -2.41. The minimum atomic E-state index is -0.364. The van der Waals surface area contributed by atoms with E-state index in [-0.39, 0.29) is 28.9 Å². The predicted octanol–water partition coefficient (Wildman–Crippen LogP) is 3.28. The van der Waals surface area contributed by atoms with Gasteiger partial charge in [0, 0.05) is 5.54 Å². The van der Waals surface area contributed by atoms with E-state index in [2.05, 4.69) is 16.0 Å². The van der Waals surface area contributed by atoms with Crippen LogP contribution in [-0.4, -0.2) is 29.6 Å². The molecule has 28 heavy (non-hydrogen) atoms. The number of methoxy groups -OCH3 is 1. The standard InChI is InChI=1S/C21H25N3O3S/c1-21(2,3)24-19(26)16-7-5-6-8-17(16)22-20(28)23-18(25)13-14-9-11-15(27-4)12-10-14/h5-12H,13H2,1-4H3,(H,24,26)(H2,22,23,25,28). The largest absolute Gasteiger partial charge is 0.497 e. The maximum atomic E-state index is 12.5. The highest BCUT2D eigenvalue weighted by molar-refractivity contribution is 7.80. The Labute approximate surface area is 170 Å². The fourth-order valence-corrected chi connectivity index (χ4v) is 2.68. The third kappa shape index (κ3) is 6.66. The van der Waals surface area contributed by atoms with Crippen LogP contribution in [0.1, 0.15) is 36.7 Å². The number of carbonyl (C=O) groups is 2. The summed E-state index contributed by atoms with van der Waals surface area (Å²) in [4.78, 5) is 24.7. The number of nitrogens with one attached hydrogen (secondary N) is 3. The lowest BCUT2D eigenvalue weighted by molar-refractivity contribution is -0.119. The molecule has 0 aromatic heterocycles. The van der Waals surface area contributed by atoms with Crippen LogP contribution in [0, 0.1) is 0 Å². The van der Waals surface area contributed by atoms with Crippen LogP contribution in [0.15, 0.2) is 48.5 Å². The van der Waals surface area contributed by atoms with Crippen molar-refractivity contribution in [2.75, 3.05) is 12.4 Å². The van der Waals surface area contributed by atoms with Crippen LogP contribution < -0.4 is 20.7 Å². The van der Waals surface area contributed by atoms with Crippen molar-refractivity contribution in [3.8, 4) is 5.75 Å². The van der Waals surface area contributed by atoms with Gasteiger partial charge in [-0.2, -0.15) is 0 Å². The fourth-order valence-electron chi connectivity index (χ4n) is 2.45. The smallest absolute Gasteiger partial charge is 0.253 e. The van der Waals surface area contributed by atoms with Crippen molar-refractivity contribution < 1.29 is 14.3 Å². The average molecular weight is 400 g/mol. The van der Waals surface area contributed by atoms with Crippen molar-refractivity contribution in [2.45, 2.75) is 32.7 Å². The maximum Gasteiger partial charge on any atom is 0.253 e. The average Bonchev–Trinajstić information content (AvgIpc) is 2.61. The first-order valence-electron chi connectivity index (χ1n) is 8.83. The Morgan fingerprint density at radius 2 is 1.68 bits per heavy atom. The second-order valence-electron chi connectivity index (χ2n) is 7.28. The van der Waals surface area contributed by atoms with Gasteiger partial charge in [-0.25, -0.2) is 0 Å². The van der Waals surface area contributed by atoms with Crippen molar-refractivity contribution in [3.05, 3.63) is 59.7 Å². The van der Waals surface area contributed by atoms with E-state index >= 15 is 0 Å². The van der Waals surface area contributed by atoms with Crippen LogP contribution >= 0.6 is 12.2 Å². The van der Waals surface area contributed by atoms with Gasteiger partial charge < -0.3 is 20.7 Å². The van der Waals surface area contributed by atoms with E-state index in [4.69, 9.17) is 17.0 Å². The minimum Gasteiger partial charge on any atom is -0.497 e. The predicted molar refractivity (Wildman–Crippen MR) is 115 cm³/mol. The maximum absolute atomic E-state index is 12.5. The van der Waals surface area contributed by atoms with E-state index in [1.54, 1.807) is 43.5 Å². The lowest BCUT2D eigenvalue weighted by atomic mass is 10.1. The van der Waals surface area contributed by atoms with Crippen LogP contribution in [0.5, 0.6) is 5.75 Å². The molecule has 0 fully saturated rings. The van der Waals surface area contributed by atoms with Gasteiger partial charge >= 0.3 is 0 Å². The molecule has 2 aromatic carbocycles. The van der Waals surface area contributed by atoms with Gasteiger partial charge in [-0.05, 0) is 62.8 Å². The van der Waals surface area contributed by atoms with E-state index in [0.717, 1.165) is 11.3 Å². The van der Waals surface area contributed by atoms with Gasteiger partial charge in [-0.3, -0.25) is 9.59 Å². The first-order chi connectivity index (χ1) is 13.2. The molecule has 3 N–H and O–H groups in total. The number of amides is 2. The molecule has 0 saturated carbocycles. The fraction of sp³-hybridized carbons (Fsp3) is 0.286. The highest BCUT2D eigenvalue weighted by atomic mass is 32.1. The first-order valence-corrected chi connectivity index (χ1v) is 9.24. The molecule has 0 aliphatic heterocycles. The zero-order valence-corrected chi connectivity index (χ0v) is 17.3. The zero-order chi connectivity index (χ0) is 20.7. The normalized spacial score (nSPS) is 10.7. The van der Waals surface area contributed by atoms with Gasteiger partial charge in [0.25, 0.3) is 5.91 Å². The number of hydrogen-bond donors (Lipinski definition) is 3. The third-order valence-corrected chi connectivity index (χ3v) is 3.89. The molecular formula is C21H25N3O3S. The first kappa shape index (κ1) is 21.4. The Balaban J connectivity index is 1.98. The Hall–Kier alpha value is -2.93. The SMILES string of the molecule is COc1ccc(CC(=O)NC(=S)Nc2ccccc2C(=O)NC(C)(C)C)cc1. The summed E-state index contributed by atoms with van der Waals surface area (Å²) >= 11 is 5.23. The molecule has 2 amide bonds. The topological polar surface area (TPSA) is 79.5 Å². The van der Waals surface area contributed by atoms with Crippen molar-refractivity contribution >= 4 is 34.8 Å². The van der Waals surface area contributed by atoms with E-state index in [9.17, 15) is 9.59 Å². The number of ether oxygens (including phenoxy) is 1. The van der Waals surface area contributed by atoms with Crippen molar-refractivity contribution in [3.63, 3.8) is 0 Å². The summed E-state index contributed by atoms with van der Waals surface area (Å²) in [6.45, 7) is 5.72. The summed E-state index contributed by atoms with van der Waals surface area (Å²) in [6, 6.07) is 14.2. The van der Waals surface area contributed by atoms with E-state index in [0.29, 0.717) is 11.3 Å². The Morgan fingerprint density at radius 1 is 1.04 bits per heavy atom. The van der Waals surface area contributed by atoms with Crippen LogP contribution in [0.3, 0.4) is 0 Å². The lowest BCUT2D eigenvalue weighted by Gasteiger charge is -2.21. The van der Waals surface area contributed by atoms with Gasteiger partial charge in [-0.1, -0.05) is 24.3 Å². The molecule has 0 aliphatic rings. The second kappa shape index (κ2) is 9.32. The van der Waals surface area contributed by atoms with Gasteiger partial charge in [0.15, 0.2) is 5.11 Å². The number of anilines is 1. The molecule has 0 bridgehead atoms. The highest BCUT2D eigenvalue weighted by Gasteiger charge is 2.18. The number of carbonyl (C=O) groups excluding carboxylic acids is 2. The Morgan fingerprint density at radius 3 is 2.29 bits per heavy atom. The molecule has 0 atom stereocenters. The molecule has 2 rings (SSSR count). The second-order valence-corrected chi connectivity index (χ2v) is 7.69. The van der Waals surface area contributed by atoms with Gasteiger partial charge in [0.05, 0.1) is 24.8 Å². The summed E-state index contributed by atoms with van der Waals surface area (Å²) in [5.41, 5.74) is 1.45. The van der Waals surface area contributed by atoms with Gasteiger partial charge in [-0.15, -0.1) is 0 Å². The molecule has 0 aliphatic carbocycles. The highest BCUT2D eigenvalue weighted by Crippen LogP contribution is 2.16. The quantitative estimate of drug-likeness (QED) is 0.673. The molecule has 0 saturated heterocycles. The molecule has 0 spiro atoms. The summed E-state index contributed by atoms with van der Waals surface area (Å²) < 4.78 is 5.10. The summed E-state index contributed by atoms with van der Waals surface area (Å²) in [5, 5.41) is 8.61. The van der Waals surface area contributed by atoms with Crippen molar-refractivity contribution in [1.82, 2.24) is 10.6 Å². The summed E-state index contributed by atoms with van der Waals surface area (Å²) in [6.07, 6.45) is 0.179. The van der Waals surface area contributed by atoms with Crippen molar-refractivity contribution in [2.24, 2.45) is 0 Å². The van der Waals surface area contributed by atoms with Crippen LogP contribution in [-0.2, 0) is 11.2 Å². The van der Waals surface area contributed by atoms with Crippen LogP contribution in [0.2, 0.25) is 0 Å². The molecule has 0 unspecified atom stereocenters. The molecule has 148 valence electrons. The van der Waals surface area contributed by atoms with Crippen molar-refractivity contribution in [1.29, 1.82) is 0 Å². The molecule has 2 aromatic rings. The Kier molecular flexibility index (Phi) is 7.12.